The lowest BCUT2D eigenvalue weighted by Gasteiger charge is -2.20. The van der Waals surface area contributed by atoms with Gasteiger partial charge < -0.3 is 4.90 Å². The molecule has 2 aromatic carbocycles. The summed E-state index contributed by atoms with van der Waals surface area (Å²) in [4.78, 5) is 14.2. The van der Waals surface area contributed by atoms with E-state index in [4.69, 9.17) is 11.6 Å². The van der Waals surface area contributed by atoms with E-state index in [1.165, 1.54) is 22.7 Å². The molecule has 0 spiro atoms. The number of amides is 1. The van der Waals surface area contributed by atoms with E-state index in [-0.39, 0.29) is 10.1 Å². The Hall–Kier alpha value is -2.35. The second-order valence-corrected chi connectivity index (χ2v) is 9.76. The molecule has 0 fully saturated rings. The van der Waals surface area contributed by atoms with Gasteiger partial charge in [0.2, 0.25) is 0 Å². The first-order valence-electron chi connectivity index (χ1n) is 8.42. The summed E-state index contributed by atoms with van der Waals surface area (Å²) in [6.07, 6.45) is 0. The molecule has 0 N–H and O–H groups in total. The number of anilines is 1. The van der Waals surface area contributed by atoms with Gasteiger partial charge in [-0.2, -0.15) is 0 Å². The van der Waals surface area contributed by atoms with Crippen LogP contribution in [0.5, 0.6) is 0 Å². The molecule has 0 bridgehead atoms. The van der Waals surface area contributed by atoms with Crippen molar-refractivity contribution in [3.63, 3.8) is 0 Å². The summed E-state index contributed by atoms with van der Waals surface area (Å²) in [6.45, 7) is 0.382. The molecule has 3 rings (SSSR count). The van der Waals surface area contributed by atoms with Crippen molar-refractivity contribution in [2.45, 2.75) is 10.8 Å². The number of sulfonamides is 1. The number of benzene rings is 2. The third-order valence-electron chi connectivity index (χ3n) is 4.30. The van der Waals surface area contributed by atoms with E-state index in [0.717, 1.165) is 5.56 Å². The second kappa shape index (κ2) is 8.34. The molecular formula is C20H19ClN2O3S2. The Bertz CT molecular complexity index is 1070. The molecule has 5 nitrogen and oxygen atoms in total. The minimum Gasteiger partial charge on any atom is -0.337 e. The van der Waals surface area contributed by atoms with Gasteiger partial charge in [0, 0.05) is 31.2 Å². The summed E-state index contributed by atoms with van der Waals surface area (Å²) < 4.78 is 26.7. The average molecular weight is 435 g/mol. The molecule has 8 heteroatoms. The molecule has 0 aliphatic carbocycles. The number of hydrogen-bond donors (Lipinski definition) is 0. The van der Waals surface area contributed by atoms with Gasteiger partial charge in [-0.25, -0.2) is 8.42 Å². The van der Waals surface area contributed by atoms with E-state index in [1.54, 1.807) is 59.8 Å². The van der Waals surface area contributed by atoms with Crippen LogP contribution in [0.15, 0.2) is 70.3 Å². The number of thiophene rings is 1. The van der Waals surface area contributed by atoms with Gasteiger partial charge in [-0.1, -0.05) is 35.9 Å². The van der Waals surface area contributed by atoms with Crippen LogP contribution in [0.1, 0.15) is 15.9 Å². The molecule has 0 unspecified atom stereocenters. The highest BCUT2D eigenvalue weighted by Gasteiger charge is 2.22. The third kappa shape index (κ3) is 4.22. The maximum atomic E-state index is 12.7. The number of halogens is 1. The van der Waals surface area contributed by atoms with Gasteiger partial charge in [-0.15, -0.1) is 11.3 Å². The molecule has 0 aliphatic rings. The van der Waals surface area contributed by atoms with Crippen LogP contribution in [0, 0.1) is 0 Å². The first kappa shape index (κ1) is 20.4. The number of nitrogens with zero attached hydrogens (tertiary/aromatic N) is 2. The highest BCUT2D eigenvalue weighted by Crippen LogP contribution is 2.25. The van der Waals surface area contributed by atoms with Crippen molar-refractivity contribution in [2.75, 3.05) is 18.4 Å². The van der Waals surface area contributed by atoms with Crippen molar-refractivity contribution in [3.8, 4) is 0 Å². The van der Waals surface area contributed by atoms with Crippen molar-refractivity contribution >= 4 is 44.6 Å². The van der Waals surface area contributed by atoms with Crippen molar-refractivity contribution in [1.82, 2.24) is 4.90 Å². The van der Waals surface area contributed by atoms with Crippen LogP contribution in [0.4, 0.5) is 5.69 Å². The van der Waals surface area contributed by atoms with Gasteiger partial charge >= 0.3 is 0 Å². The Kier molecular flexibility index (Phi) is 6.07. The fourth-order valence-electron chi connectivity index (χ4n) is 2.67. The highest BCUT2D eigenvalue weighted by atomic mass is 35.5. The number of rotatable bonds is 6. The molecular weight excluding hydrogens is 416 g/mol. The lowest BCUT2D eigenvalue weighted by Crippen LogP contribution is -2.27. The van der Waals surface area contributed by atoms with Gasteiger partial charge in [-0.05, 0) is 47.3 Å². The smallest absolute Gasteiger partial charge is 0.273 e. The number of hydrogen-bond acceptors (Lipinski definition) is 4. The third-order valence-corrected chi connectivity index (χ3v) is 7.83. The normalized spacial score (nSPS) is 11.2. The Balaban J connectivity index is 1.75. The second-order valence-electron chi connectivity index (χ2n) is 6.20. The maximum absolute atomic E-state index is 12.7. The van der Waals surface area contributed by atoms with Crippen LogP contribution in [0.25, 0.3) is 0 Å². The topological polar surface area (TPSA) is 57.7 Å². The summed E-state index contributed by atoms with van der Waals surface area (Å²) in [5.74, 6) is -0.171. The zero-order valence-corrected chi connectivity index (χ0v) is 17.8. The molecule has 0 saturated carbocycles. The lowest BCUT2D eigenvalue weighted by atomic mass is 10.1. The van der Waals surface area contributed by atoms with E-state index in [1.807, 2.05) is 18.2 Å². The Labute approximate surface area is 173 Å². The van der Waals surface area contributed by atoms with Crippen molar-refractivity contribution in [1.29, 1.82) is 0 Å². The van der Waals surface area contributed by atoms with Crippen LogP contribution >= 0.6 is 22.9 Å². The van der Waals surface area contributed by atoms with Crippen LogP contribution in [0.3, 0.4) is 0 Å². The summed E-state index contributed by atoms with van der Waals surface area (Å²) >= 11 is 7.33. The molecule has 3 aromatic rings. The molecule has 0 aliphatic heterocycles. The number of carbonyl (C=O) groups excluding carboxylic acids is 1. The fraction of sp³-hybridized carbons (Fsp3) is 0.150. The van der Waals surface area contributed by atoms with Gasteiger partial charge in [0.1, 0.15) is 4.21 Å². The molecule has 1 heterocycles. The van der Waals surface area contributed by atoms with Crippen molar-refractivity contribution in [3.05, 3.63) is 82.2 Å². The standard InChI is InChI=1S/C20H19ClN2O3S2/c1-22(14-16-6-3-4-7-18(16)21)20(24)15-9-11-17(12-10-15)23(2)28(25,26)19-8-5-13-27-19/h3-13H,14H2,1-2H3. The molecule has 0 atom stereocenters. The van der Waals surface area contributed by atoms with Crippen molar-refractivity contribution in [2.24, 2.45) is 0 Å². The van der Waals surface area contributed by atoms with E-state index >= 15 is 0 Å². The minimum absolute atomic E-state index is 0.171. The molecule has 1 amide bonds. The Morgan fingerprint density at radius 2 is 1.68 bits per heavy atom. The first-order valence-corrected chi connectivity index (χ1v) is 11.1. The molecule has 0 saturated heterocycles. The van der Waals surface area contributed by atoms with E-state index < -0.39 is 10.0 Å². The summed E-state index contributed by atoms with van der Waals surface area (Å²) in [5.41, 5.74) is 1.82. The quantitative estimate of drug-likeness (QED) is 0.574. The first-order chi connectivity index (χ1) is 13.3. The van der Waals surface area contributed by atoms with Crippen LogP contribution in [-0.4, -0.2) is 33.3 Å². The summed E-state index contributed by atoms with van der Waals surface area (Å²) in [7, 11) is -0.405. The predicted molar refractivity (Wildman–Crippen MR) is 114 cm³/mol. The molecule has 1 aromatic heterocycles. The molecule has 146 valence electrons. The zero-order valence-electron chi connectivity index (χ0n) is 15.4. The largest absolute Gasteiger partial charge is 0.337 e. The van der Waals surface area contributed by atoms with Crippen LogP contribution in [-0.2, 0) is 16.6 Å². The Morgan fingerprint density at radius 3 is 2.29 bits per heavy atom. The van der Waals surface area contributed by atoms with Gasteiger partial charge in [0.25, 0.3) is 15.9 Å². The molecule has 0 radical (unpaired) electrons. The summed E-state index contributed by atoms with van der Waals surface area (Å²) in [5, 5.41) is 2.33. The highest BCUT2D eigenvalue weighted by molar-refractivity contribution is 7.94. The summed E-state index contributed by atoms with van der Waals surface area (Å²) in [6, 6.07) is 17.1. The maximum Gasteiger partial charge on any atom is 0.273 e. The zero-order chi connectivity index (χ0) is 20.3. The predicted octanol–water partition coefficient (Wildman–Crippen LogP) is 4.50. The monoisotopic (exact) mass is 434 g/mol. The minimum atomic E-state index is -3.60. The van der Waals surface area contributed by atoms with Gasteiger partial charge in [-0.3, -0.25) is 9.10 Å². The van der Waals surface area contributed by atoms with Crippen molar-refractivity contribution < 1.29 is 13.2 Å². The van der Waals surface area contributed by atoms with Crippen LogP contribution in [0.2, 0.25) is 5.02 Å². The SMILES string of the molecule is CN(Cc1ccccc1Cl)C(=O)c1ccc(N(C)S(=O)(=O)c2cccs2)cc1. The van der Waals surface area contributed by atoms with E-state index in [2.05, 4.69) is 0 Å². The lowest BCUT2D eigenvalue weighted by molar-refractivity contribution is 0.0785. The molecule has 28 heavy (non-hydrogen) atoms. The Morgan fingerprint density at radius 1 is 1.00 bits per heavy atom. The van der Waals surface area contributed by atoms with Gasteiger partial charge in [0.05, 0.1) is 5.69 Å². The van der Waals surface area contributed by atoms with Gasteiger partial charge in [0.15, 0.2) is 0 Å². The number of carbonyl (C=O) groups is 1. The fourth-order valence-corrected chi connectivity index (χ4v) is 5.22. The van der Waals surface area contributed by atoms with Crippen LogP contribution < -0.4 is 4.31 Å². The average Bonchev–Trinajstić information content (AvgIpc) is 3.24. The van der Waals surface area contributed by atoms with E-state index in [9.17, 15) is 13.2 Å². The van der Waals surface area contributed by atoms with E-state index in [0.29, 0.717) is 22.8 Å².